The lowest BCUT2D eigenvalue weighted by Gasteiger charge is -2.32. The first kappa shape index (κ1) is 18.9. The molecule has 1 N–H and O–H groups in total. The largest absolute Gasteiger partial charge is 0.492 e. The van der Waals surface area contributed by atoms with E-state index in [1.807, 2.05) is 31.2 Å². The maximum Gasteiger partial charge on any atom is 0.322 e. The summed E-state index contributed by atoms with van der Waals surface area (Å²) in [7, 11) is 0. The SMILES string of the molecule is CCOc1ccccc1NC(=O)N1CCCC(Oc2ncc(CC)cn2)C1. The number of hydrogen-bond acceptors (Lipinski definition) is 5. The molecule has 2 aromatic rings. The van der Waals surface area contributed by atoms with E-state index in [0.29, 0.717) is 37.1 Å². The van der Waals surface area contributed by atoms with Gasteiger partial charge in [-0.2, -0.15) is 0 Å². The van der Waals surface area contributed by atoms with Crippen LogP contribution in [-0.4, -0.2) is 46.7 Å². The smallest absolute Gasteiger partial charge is 0.322 e. The van der Waals surface area contributed by atoms with Gasteiger partial charge in [0.25, 0.3) is 0 Å². The van der Waals surface area contributed by atoms with Crippen molar-refractivity contribution in [2.75, 3.05) is 25.0 Å². The van der Waals surface area contributed by atoms with Crippen LogP contribution >= 0.6 is 0 Å². The standard InChI is InChI=1S/C20H26N4O3/c1-3-15-12-21-19(22-13-15)27-16-8-7-11-24(14-16)20(25)23-17-9-5-6-10-18(17)26-4-2/h5-6,9-10,12-13,16H,3-4,7-8,11,14H2,1-2H3,(H,23,25). The molecule has 1 unspecified atom stereocenters. The van der Waals surface area contributed by atoms with E-state index in [4.69, 9.17) is 9.47 Å². The van der Waals surface area contributed by atoms with Crippen LogP contribution in [0.3, 0.4) is 0 Å². The number of aromatic nitrogens is 2. The van der Waals surface area contributed by atoms with E-state index in [2.05, 4.69) is 22.2 Å². The highest BCUT2D eigenvalue weighted by Gasteiger charge is 2.26. The first-order valence-corrected chi connectivity index (χ1v) is 9.45. The Bertz CT molecular complexity index is 751. The molecule has 0 radical (unpaired) electrons. The molecule has 3 rings (SSSR count). The van der Waals surface area contributed by atoms with Crippen molar-refractivity contribution in [2.45, 2.75) is 39.2 Å². The summed E-state index contributed by atoms with van der Waals surface area (Å²) in [6.45, 7) is 5.71. The number of likely N-dealkylation sites (tertiary alicyclic amines) is 1. The van der Waals surface area contributed by atoms with Crippen LogP contribution in [0, 0.1) is 0 Å². The first-order chi connectivity index (χ1) is 13.2. The second-order valence-corrected chi connectivity index (χ2v) is 6.41. The minimum atomic E-state index is -0.155. The van der Waals surface area contributed by atoms with E-state index in [-0.39, 0.29) is 12.1 Å². The second kappa shape index (κ2) is 9.21. The van der Waals surface area contributed by atoms with Crippen molar-refractivity contribution in [1.29, 1.82) is 0 Å². The maximum absolute atomic E-state index is 12.7. The summed E-state index contributed by atoms with van der Waals surface area (Å²) in [5, 5.41) is 2.94. The van der Waals surface area contributed by atoms with Crippen LogP contribution in [0.2, 0.25) is 0 Å². The Morgan fingerprint density at radius 3 is 2.78 bits per heavy atom. The van der Waals surface area contributed by atoms with Gasteiger partial charge in [0.2, 0.25) is 0 Å². The van der Waals surface area contributed by atoms with E-state index >= 15 is 0 Å². The number of hydrogen-bond donors (Lipinski definition) is 1. The lowest BCUT2D eigenvalue weighted by molar-refractivity contribution is 0.0982. The number of piperidine rings is 1. The first-order valence-electron chi connectivity index (χ1n) is 9.45. The summed E-state index contributed by atoms with van der Waals surface area (Å²) in [5.41, 5.74) is 1.74. The normalized spacial score (nSPS) is 16.7. The van der Waals surface area contributed by atoms with Gasteiger partial charge < -0.3 is 19.7 Å². The second-order valence-electron chi connectivity index (χ2n) is 6.41. The number of carbonyl (C=O) groups excluding carboxylic acids is 1. The van der Waals surface area contributed by atoms with Gasteiger partial charge in [0.05, 0.1) is 18.8 Å². The summed E-state index contributed by atoms with van der Waals surface area (Å²) in [4.78, 5) is 22.9. The Kier molecular flexibility index (Phi) is 6.46. The molecule has 144 valence electrons. The van der Waals surface area contributed by atoms with Gasteiger partial charge in [-0.05, 0) is 43.9 Å². The predicted octanol–water partition coefficient (Wildman–Crippen LogP) is 3.51. The molecule has 7 heteroatoms. The van der Waals surface area contributed by atoms with Crippen LogP contribution < -0.4 is 14.8 Å². The van der Waals surface area contributed by atoms with E-state index in [1.165, 1.54) is 0 Å². The van der Waals surface area contributed by atoms with Crippen LogP contribution in [0.25, 0.3) is 0 Å². The molecule has 1 saturated heterocycles. The molecule has 1 atom stereocenters. The van der Waals surface area contributed by atoms with Gasteiger partial charge in [0, 0.05) is 18.9 Å². The lowest BCUT2D eigenvalue weighted by Crippen LogP contribution is -2.46. The number of urea groups is 1. The monoisotopic (exact) mass is 370 g/mol. The number of para-hydroxylation sites is 2. The number of aryl methyl sites for hydroxylation is 1. The molecule has 1 aromatic carbocycles. The molecule has 0 aliphatic carbocycles. The van der Waals surface area contributed by atoms with Crippen molar-refractivity contribution >= 4 is 11.7 Å². The summed E-state index contributed by atoms with van der Waals surface area (Å²) in [5.74, 6) is 0.669. The average Bonchev–Trinajstić information content (AvgIpc) is 2.70. The summed E-state index contributed by atoms with van der Waals surface area (Å²) < 4.78 is 11.4. The number of carbonyl (C=O) groups is 1. The third-order valence-corrected chi connectivity index (χ3v) is 4.46. The fourth-order valence-corrected chi connectivity index (χ4v) is 3.00. The zero-order valence-corrected chi connectivity index (χ0v) is 15.9. The highest BCUT2D eigenvalue weighted by Crippen LogP contribution is 2.24. The van der Waals surface area contributed by atoms with Gasteiger partial charge in [-0.1, -0.05) is 19.1 Å². The molecule has 2 heterocycles. The fourth-order valence-electron chi connectivity index (χ4n) is 3.00. The topological polar surface area (TPSA) is 76.6 Å². The maximum atomic E-state index is 12.7. The number of nitrogens with one attached hydrogen (secondary N) is 1. The Hall–Kier alpha value is -2.83. The van der Waals surface area contributed by atoms with Crippen molar-refractivity contribution in [3.8, 4) is 11.8 Å². The van der Waals surface area contributed by atoms with Gasteiger partial charge in [-0.25, -0.2) is 14.8 Å². The van der Waals surface area contributed by atoms with Crippen molar-refractivity contribution in [1.82, 2.24) is 14.9 Å². The predicted molar refractivity (Wildman–Crippen MR) is 103 cm³/mol. The summed E-state index contributed by atoms with van der Waals surface area (Å²) in [6, 6.07) is 7.65. The van der Waals surface area contributed by atoms with Gasteiger partial charge in [0.1, 0.15) is 11.9 Å². The van der Waals surface area contributed by atoms with Crippen molar-refractivity contribution in [3.63, 3.8) is 0 Å². The molecule has 1 aromatic heterocycles. The minimum absolute atomic E-state index is 0.112. The Labute approximate surface area is 159 Å². The minimum Gasteiger partial charge on any atom is -0.492 e. The number of ether oxygens (including phenoxy) is 2. The zero-order chi connectivity index (χ0) is 19.1. The molecule has 0 saturated carbocycles. The van der Waals surface area contributed by atoms with Gasteiger partial charge >= 0.3 is 12.0 Å². The van der Waals surface area contributed by atoms with E-state index in [1.54, 1.807) is 17.3 Å². The molecule has 2 amide bonds. The molecular formula is C20H26N4O3. The number of amides is 2. The molecule has 27 heavy (non-hydrogen) atoms. The van der Waals surface area contributed by atoms with Gasteiger partial charge in [0.15, 0.2) is 0 Å². The molecule has 1 aliphatic heterocycles. The third-order valence-electron chi connectivity index (χ3n) is 4.46. The van der Waals surface area contributed by atoms with E-state index in [0.717, 1.165) is 24.8 Å². The van der Waals surface area contributed by atoms with Crippen LogP contribution in [0.5, 0.6) is 11.8 Å². The number of nitrogens with zero attached hydrogens (tertiary/aromatic N) is 3. The van der Waals surface area contributed by atoms with Crippen LogP contribution in [-0.2, 0) is 6.42 Å². The molecule has 1 fully saturated rings. The Balaban J connectivity index is 1.59. The van der Waals surface area contributed by atoms with Crippen LogP contribution in [0.4, 0.5) is 10.5 Å². The highest BCUT2D eigenvalue weighted by atomic mass is 16.5. The molecule has 1 aliphatic rings. The van der Waals surface area contributed by atoms with E-state index < -0.39 is 0 Å². The molecule has 0 bridgehead atoms. The summed E-state index contributed by atoms with van der Waals surface area (Å²) in [6.07, 6.45) is 6.08. The number of anilines is 1. The van der Waals surface area contributed by atoms with Gasteiger partial charge in [-0.3, -0.25) is 0 Å². The van der Waals surface area contributed by atoms with E-state index in [9.17, 15) is 4.79 Å². The molecular weight excluding hydrogens is 344 g/mol. The number of rotatable bonds is 6. The number of benzene rings is 1. The highest BCUT2D eigenvalue weighted by molar-refractivity contribution is 5.91. The van der Waals surface area contributed by atoms with Crippen molar-refractivity contribution in [2.24, 2.45) is 0 Å². The fraction of sp³-hybridized carbons (Fsp3) is 0.450. The van der Waals surface area contributed by atoms with Crippen molar-refractivity contribution < 1.29 is 14.3 Å². The quantitative estimate of drug-likeness (QED) is 0.842. The molecule has 0 spiro atoms. The Morgan fingerprint density at radius 2 is 2.04 bits per heavy atom. The third kappa shape index (κ3) is 5.09. The summed E-state index contributed by atoms with van der Waals surface area (Å²) >= 11 is 0. The average molecular weight is 370 g/mol. The van der Waals surface area contributed by atoms with Crippen LogP contribution in [0.1, 0.15) is 32.3 Å². The molecule has 7 nitrogen and oxygen atoms in total. The van der Waals surface area contributed by atoms with Gasteiger partial charge in [-0.15, -0.1) is 0 Å². The van der Waals surface area contributed by atoms with Crippen molar-refractivity contribution in [3.05, 3.63) is 42.2 Å². The Morgan fingerprint density at radius 1 is 1.26 bits per heavy atom. The lowest BCUT2D eigenvalue weighted by atomic mass is 10.1. The van der Waals surface area contributed by atoms with Crippen LogP contribution in [0.15, 0.2) is 36.7 Å². The zero-order valence-electron chi connectivity index (χ0n) is 15.9.